The molecule has 1 fully saturated rings. The third-order valence-corrected chi connectivity index (χ3v) is 5.54. The molecule has 2 aromatic carbocycles. The Morgan fingerprint density at radius 2 is 1.86 bits per heavy atom. The minimum Gasteiger partial charge on any atom is -0.338 e. The molecule has 4 nitrogen and oxygen atoms in total. The van der Waals surface area contributed by atoms with Crippen LogP contribution in [0.25, 0.3) is 0 Å². The maximum absolute atomic E-state index is 13.2. The van der Waals surface area contributed by atoms with Crippen LogP contribution < -0.4 is 4.90 Å². The Hall–Kier alpha value is -2.62. The van der Waals surface area contributed by atoms with Gasteiger partial charge in [0.15, 0.2) is 0 Å². The van der Waals surface area contributed by atoms with Gasteiger partial charge in [-0.2, -0.15) is 0 Å². The highest BCUT2D eigenvalue weighted by molar-refractivity contribution is 6.01. The predicted octanol–water partition coefficient (Wildman–Crippen LogP) is 4.52. The summed E-state index contributed by atoms with van der Waals surface area (Å²) in [5.41, 5.74) is 4.35. The summed E-state index contributed by atoms with van der Waals surface area (Å²) in [4.78, 5) is 29.7. The minimum absolute atomic E-state index is 0.0466. The first-order chi connectivity index (χ1) is 13.4. The second-order valence-electron chi connectivity index (χ2n) is 7.91. The number of benzene rings is 2. The molecule has 0 aliphatic carbocycles. The summed E-state index contributed by atoms with van der Waals surface area (Å²) in [5.74, 6) is 0.158. The number of amides is 2. The van der Waals surface area contributed by atoms with Crippen LogP contribution >= 0.6 is 0 Å². The number of hydrogen-bond donors (Lipinski definition) is 0. The van der Waals surface area contributed by atoms with Gasteiger partial charge < -0.3 is 9.80 Å². The molecule has 0 aromatic heterocycles. The van der Waals surface area contributed by atoms with Crippen LogP contribution in [0, 0.1) is 12.8 Å². The Kier molecular flexibility index (Phi) is 6.18. The fourth-order valence-corrected chi connectivity index (χ4v) is 4.01. The van der Waals surface area contributed by atoms with E-state index in [-0.39, 0.29) is 24.2 Å². The lowest BCUT2D eigenvalue weighted by Crippen LogP contribution is -2.37. The highest BCUT2D eigenvalue weighted by Gasteiger charge is 2.38. The van der Waals surface area contributed by atoms with Crippen molar-refractivity contribution in [3.63, 3.8) is 0 Å². The van der Waals surface area contributed by atoms with Crippen LogP contribution in [0.3, 0.4) is 0 Å². The number of rotatable bonds is 6. The molecular weight excluding hydrogens is 348 g/mol. The van der Waals surface area contributed by atoms with Gasteiger partial charge in [0, 0.05) is 31.7 Å². The molecule has 148 valence electrons. The van der Waals surface area contributed by atoms with Crippen LogP contribution in [0.2, 0.25) is 0 Å². The van der Waals surface area contributed by atoms with Gasteiger partial charge in [0.2, 0.25) is 11.8 Å². The zero-order valence-corrected chi connectivity index (χ0v) is 17.3. The molecule has 0 radical (unpaired) electrons. The molecule has 1 heterocycles. The lowest BCUT2D eigenvalue weighted by molar-refractivity contribution is -0.136. The largest absolute Gasteiger partial charge is 0.338 e. The average Bonchev–Trinajstić information content (AvgIpc) is 3.07. The zero-order chi connectivity index (χ0) is 20.3. The van der Waals surface area contributed by atoms with Crippen LogP contribution in [-0.4, -0.2) is 29.8 Å². The third kappa shape index (κ3) is 4.11. The lowest BCUT2D eigenvalue weighted by Gasteiger charge is -2.26. The Morgan fingerprint density at radius 3 is 2.50 bits per heavy atom. The standard InChI is InChI=1S/C24H30N2O2/c1-5-25(15-19-11-7-6-8-12-19)24(28)20-14-22(27)26(16-20)23-18(4)10-9-13-21(23)17(2)3/h6-13,17,20H,5,14-16H2,1-4H3. The SMILES string of the molecule is CCN(Cc1ccccc1)C(=O)C1CC(=O)N(c2c(C)cccc2C(C)C)C1. The second kappa shape index (κ2) is 8.59. The number of para-hydroxylation sites is 1. The van der Waals surface area contributed by atoms with Gasteiger partial charge in [-0.25, -0.2) is 0 Å². The number of aryl methyl sites for hydroxylation is 1. The lowest BCUT2D eigenvalue weighted by atomic mass is 9.97. The molecule has 2 aromatic rings. The fourth-order valence-electron chi connectivity index (χ4n) is 4.01. The normalized spacial score (nSPS) is 16.7. The van der Waals surface area contributed by atoms with Crippen LogP contribution in [0.1, 0.15) is 49.8 Å². The quantitative estimate of drug-likeness (QED) is 0.741. The van der Waals surface area contributed by atoms with E-state index in [2.05, 4.69) is 19.9 Å². The summed E-state index contributed by atoms with van der Waals surface area (Å²) in [6.45, 7) is 10.0. The zero-order valence-electron chi connectivity index (χ0n) is 17.3. The van der Waals surface area contributed by atoms with Crippen molar-refractivity contribution in [3.05, 3.63) is 65.2 Å². The summed E-state index contributed by atoms with van der Waals surface area (Å²) < 4.78 is 0. The van der Waals surface area contributed by atoms with E-state index in [1.807, 2.05) is 66.1 Å². The first-order valence-electron chi connectivity index (χ1n) is 10.1. The monoisotopic (exact) mass is 378 g/mol. The van der Waals surface area contributed by atoms with Gasteiger partial charge in [0.05, 0.1) is 5.92 Å². The highest BCUT2D eigenvalue weighted by Crippen LogP contribution is 2.35. The molecule has 2 amide bonds. The van der Waals surface area contributed by atoms with Gasteiger partial charge in [-0.3, -0.25) is 9.59 Å². The van der Waals surface area contributed by atoms with Crippen LogP contribution in [0.4, 0.5) is 5.69 Å². The van der Waals surface area contributed by atoms with E-state index in [4.69, 9.17) is 0 Å². The van der Waals surface area contributed by atoms with Gasteiger partial charge in [0.1, 0.15) is 0 Å². The van der Waals surface area contributed by atoms with E-state index in [1.54, 1.807) is 0 Å². The van der Waals surface area contributed by atoms with Crippen molar-refractivity contribution in [1.82, 2.24) is 4.90 Å². The molecule has 1 aliphatic rings. The van der Waals surface area contributed by atoms with E-state index >= 15 is 0 Å². The molecule has 0 spiro atoms. The Balaban J connectivity index is 1.80. The molecule has 1 saturated heterocycles. The van der Waals surface area contributed by atoms with Gasteiger partial charge in [-0.05, 0) is 36.5 Å². The number of anilines is 1. The smallest absolute Gasteiger partial charge is 0.228 e. The molecule has 0 saturated carbocycles. The van der Waals surface area contributed by atoms with E-state index in [0.29, 0.717) is 25.6 Å². The molecule has 3 rings (SSSR count). The van der Waals surface area contributed by atoms with Crippen LogP contribution in [-0.2, 0) is 16.1 Å². The fraction of sp³-hybridized carbons (Fsp3) is 0.417. The Labute approximate surface area is 168 Å². The number of hydrogen-bond acceptors (Lipinski definition) is 2. The molecule has 28 heavy (non-hydrogen) atoms. The van der Waals surface area contributed by atoms with Gasteiger partial charge in [-0.1, -0.05) is 62.4 Å². The van der Waals surface area contributed by atoms with E-state index < -0.39 is 0 Å². The summed E-state index contributed by atoms with van der Waals surface area (Å²) in [7, 11) is 0. The molecule has 1 atom stereocenters. The topological polar surface area (TPSA) is 40.6 Å². The maximum atomic E-state index is 13.2. The summed E-state index contributed by atoms with van der Waals surface area (Å²) >= 11 is 0. The van der Waals surface area contributed by atoms with Gasteiger partial charge >= 0.3 is 0 Å². The van der Waals surface area contributed by atoms with E-state index in [9.17, 15) is 9.59 Å². The van der Waals surface area contributed by atoms with Crippen molar-refractivity contribution in [3.8, 4) is 0 Å². The summed E-state index contributed by atoms with van der Waals surface area (Å²) in [6.07, 6.45) is 0.288. The van der Waals surface area contributed by atoms with E-state index in [1.165, 1.54) is 0 Å². The van der Waals surface area contributed by atoms with Crippen LogP contribution in [0.15, 0.2) is 48.5 Å². The van der Waals surface area contributed by atoms with Crippen LogP contribution in [0.5, 0.6) is 0 Å². The highest BCUT2D eigenvalue weighted by atomic mass is 16.2. The molecule has 0 N–H and O–H groups in total. The first-order valence-corrected chi connectivity index (χ1v) is 10.1. The van der Waals surface area contributed by atoms with Gasteiger partial charge in [0.25, 0.3) is 0 Å². The molecular formula is C24H30N2O2. The molecule has 1 aliphatic heterocycles. The number of carbonyl (C=O) groups excluding carboxylic acids is 2. The maximum Gasteiger partial charge on any atom is 0.228 e. The Bertz CT molecular complexity index is 845. The second-order valence-corrected chi connectivity index (χ2v) is 7.91. The first kappa shape index (κ1) is 20.1. The average molecular weight is 379 g/mol. The van der Waals surface area contributed by atoms with Crippen molar-refractivity contribution in [2.45, 2.75) is 46.6 Å². The number of carbonyl (C=O) groups is 2. The van der Waals surface area contributed by atoms with Crippen molar-refractivity contribution < 1.29 is 9.59 Å². The summed E-state index contributed by atoms with van der Waals surface area (Å²) in [5, 5.41) is 0. The van der Waals surface area contributed by atoms with Crippen molar-refractivity contribution >= 4 is 17.5 Å². The third-order valence-electron chi connectivity index (χ3n) is 5.54. The Morgan fingerprint density at radius 1 is 1.14 bits per heavy atom. The molecule has 0 bridgehead atoms. The van der Waals surface area contributed by atoms with E-state index in [0.717, 1.165) is 22.4 Å². The van der Waals surface area contributed by atoms with Crippen molar-refractivity contribution in [2.75, 3.05) is 18.0 Å². The predicted molar refractivity (Wildman–Crippen MR) is 113 cm³/mol. The number of nitrogens with zero attached hydrogens (tertiary/aromatic N) is 2. The minimum atomic E-state index is -0.282. The summed E-state index contributed by atoms with van der Waals surface area (Å²) in [6, 6.07) is 16.2. The molecule has 1 unspecified atom stereocenters. The van der Waals surface area contributed by atoms with Crippen molar-refractivity contribution in [2.24, 2.45) is 5.92 Å². The van der Waals surface area contributed by atoms with Gasteiger partial charge in [-0.15, -0.1) is 0 Å². The molecule has 4 heteroatoms. The van der Waals surface area contributed by atoms with Crippen molar-refractivity contribution in [1.29, 1.82) is 0 Å².